The highest BCUT2D eigenvalue weighted by atomic mass is 19.1. The Bertz CT molecular complexity index is 334. The predicted octanol–water partition coefficient (Wildman–Crippen LogP) is 2.43. The van der Waals surface area contributed by atoms with E-state index in [0.717, 1.165) is 18.5 Å². The van der Waals surface area contributed by atoms with Crippen LogP contribution in [0.2, 0.25) is 0 Å². The van der Waals surface area contributed by atoms with Crippen molar-refractivity contribution in [2.75, 3.05) is 19.0 Å². The van der Waals surface area contributed by atoms with Crippen molar-refractivity contribution in [3.63, 3.8) is 0 Å². The zero-order valence-corrected chi connectivity index (χ0v) is 8.46. The van der Waals surface area contributed by atoms with Crippen LogP contribution in [0.15, 0.2) is 18.2 Å². The third kappa shape index (κ3) is 1.97. The molecule has 0 spiro atoms. The molecule has 0 atom stereocenters. The van der Waals surface area contributed by atoms with Crippen molar-refractivity contribution in [1.82, 2.24) is 0 Å². The maximum absolute atomic E-state index is 13.4. The third-order valence-electron chi connectivity index (χ3n) is 2.25. The summed E-state index contributed by atoms with van der Waals surface area (Å²) < 4.78 is 18.8. The molecule has 0 bridgehead atoms. The summed E-state index contributed by atoms with van der Waals surface area (Å²) in [5, 5.41) is 0. The van der Waals surface area contributed by atoms with Crippen molar-refractivity contribution < 1.29 is 9.13 Å². The Balaban J connectivity index is 2.17. The Morgan fingerprint density at radius 1 is 1.36 bits per heavy atom. The molecule has 0 saturated heterocycles. The molecule has 1 aromatic rings. The van der Waals surface area contributed by atoms with E-state index in [1.807, 2.05) is 25.1 Å². The first kappa shape index (κ1) is 9.31. The zero-order chi connectivity index (χ0) is 10.1. The second-order valence-corrected chi connectivity index (χ2v) is 3.83. The number of rotatable bonds is 3. The summed E-state index contributed by atoms with van der Waals surface area (Å²) in [6.07, 6.45) is 2.35. The first-order chi connectivity index (χ1) is 6.66. The molecular weight excluding hydrogens is 181 g/mol. The van der Waals surface area contributed by atoms with Crippen LogP contribution in [0, 0.1) is 5.82 Å². The first-order valence-electron chi connectivity index (χ1n) is 4.80. The van der Waals surface area contributed by atoms with E-state index in [-0.39, 0.29) is 11.9 Å². The van der Waals surface area contributed by atoms with Gasteiger partial charge in [-0.1, -0.05) is 0 Å². The van der Waals surface area contributed by atoms with Gasteiger partial charge in [0.15, 0.2) is 11.6 Å². The number of hydrogen-bond acceptors (Lipinski definition) is 2. The molecule has 0 radical (unpaired) electrons. The van der Waals surface area contributed by atoms with E-state index in [1.165, 1.54) is 6.07 Å². The Morgan fingerprint density at radius 2 is 2.07 bits per heavy atom. The minimum Gasteiger partial charge on any atom is -0.487 e. The summed E-state index contributed by atoms with van der Waals surface area (Å²) in [4.78, 5) is 1.87. The Hall–Kier alpha value is -1.25. The van der Waals surface area contributed by atoms with Gasteiger partial charge in [0.05, 0.1) is 6.10 Å². The summed E-state index contributed by atoms with van der Waals surface area (Å²) >= 11 is 0. The highest BCUT2D eigenvalue weighted by molar-refractivity contribution is 5.48. The average Bonchev–Trinajstić information content (AvgIpc) is 2.92. The fourth-order valence-electron chi connectivity index (χ4n) is 1.23. The molecule has 0 amide bonds. The zero-order valence-electron chi connectivity index (χ0n) is 8.46. The number of hydrogen-bond donors (Lipinski definition) is 0. The van der Waals surface area contributed by atoms with E-state index in [1.54, 1.807) is 6.07 Å². The first-order valence-corrected chi connectivity index (χ1v) is 4.80. The molecule has 2 rings (SSSR count). The molecule has 0 unspecified atom stereocenters. The van der Waals surface area contributed by atoms with E-state index >= 15 is 0 Å². The normalized spacial score (nSPS) is 15.4. The fourth-order valence-corrected chi connectivity index (χ4v) is 1.23. The van der Waals surface area contributed by atoms with Crippen LogP contribution in [-0.4, -0.2) is 20.2 Å². The second kappa shape index (κ2) is 3.48. The maximum atomic E-state index is 13.4. The van der Waals surface area contributed by atoms with E-state index < -0.39 is 0 Å². The monoisotopic (exact) mass is 195 g/mol. The molecule has 0 N–H and O–H groups in total. The van der Waals surface area contributed by atoms with Gasteiger partial charge in [0.2, 0.25) is 0 Å². The van der Waals surface area contributed by atoms with Gasteiger partial charge in [-0.2, -0.15) is 0 Å². The number of halogens is 1. The Labute approximate surface area is 83.3 Å². The van der Waals surface area contributed by atoms with Crippen LogP contribution in [0.25, 0.3) is 0 Å². The van der Waals surface area contributed by atoms with Crippen molar-refractivity contribution in [2.45, 2.75) is 18.9 Å². The van der Waals surface area contributed by atoms with Gasteiger partial charge < -0.3 is 9.64 Å². The highest BCUT2D eigenvalue weighted by Gasteiger charge is 2.24. The van der Waals surface area contributed by atoms with Crippen molar-refractivity contribution >= 4 is 5.69 Å². The van der Waals surface area contributed by atoms with Crippen LogP contribution < -0.4 is 9.64 Å². The largest absolute Gasteiger partial charge is 0.487 e. The maximum Gasteiger partial charge on any atom is 0.167 e. The van der Waals surface area contributed by atoms with E-state index in [2.05, 4.69) is 0 Å². The molecule has 1 aromatic carbocycles. The van der Waals surface area contributed by atoms with Crippen molar-refractivity contribution in [1.29, 1.82) is 0 Å². The summed E-state index contributed by atoms with van der Waals surface area (Å²) in [5.74, 6) is 0.0983. The quantitative estimate of drug-likeness (QED) is 0.734. The molecular formula is C11H14FNO. The molecule has 0 aliphatic heterocycles. The average molecular weight is 195 g/mol. The van der Waals surface area contributed by atoms with Gasteiger partial charge in [-0.25, -0.2) is 4.39 Å². The van der Waals surface area contributed by atoms with Gasteiger partial charge >= 0.3 is 0 Å². The third-order valence-corrected chi connectivity index (χ3v) is 2.25. The van der Waals surface area contributed by atoms with Gasteiger partial charge in [-0.15, -0.1) is 0 Å². The summed E-state index contributed by atoms with van der Waals surface area (Å²) in [6.45, 7) is 0. The van der Waals surface area contributed by atoms with E-state index in [9.17, 15) is 4.39 Å². The Kier molecular flexibility index (Phi) is 2.32. The summed E-state index contributed by atoms with van der Waals surface area (Å²) in [6, 6.07) is 5.06. The fraction of sp³-hybridized carbons (Fsp3) is 0.455. The van der Waals surface area contributed by atoms with Gasteiger partial charge in [0, 0.05) is 25.8 Å². The molecule has 1 saturated carbocycles. The number of ether oxygens (including phenoxy) is 1. The van der Waals surface area contributed by atoms with Crippen LogP contribution in [0.3, 0.4) is 0 Å². The molecule has 0 aromatic heterocycles. The SMILES string of the molecule is CN(C)c1ccc(OC2CC2)c(F)c1. The van der Waals surface area contributed by atoms with Crippen molar-refractivity contribution in [3.8, 4) is 5.75 Å². The van der Waals surface area contributed by atoms with Gasteiger partial charge in [0.25, 0.3) is 0 Å². The molecule has 76 valence electrons. The molecule has 1 aliphatic rings. The molecule has 2 nitrogen and oxygen atoms in total. The second-order valence-electron chi connectivity index (χ2n) is 3.83. The van der Waals surface area contributed by atoms with Crippen LogP contribution >= 0.6 is 0 Å². The number of nitrogens with zero attached hydrogens (tertiary/aromatic N) is 1. The lowest BCUT2D eigenvalue weighted by atomic mass is 10.3. The predicted molar refractivity (Wildman–Crippen MR) is 54.4 cm³/mol. The van der Waals surface area contributed by atoms with E-state index in [4.69, 9.17) is 4.74 Å². The van der Waals surface area contributed by atoms with Gasteiger partial charge in [0.1, 0.15) is 0 Å². The van der Waals surface area contributed by atoms with Crippen molar-refractivity contribution in [2.24, 2.45) is 0 Å². The summed E-state index contributed by atoms with van der Waals surface area (Å²) in [7, 11) is 3.77. The van der Waals surface area contributed by atoms with Gasteiger partial charge in [-0.3, -0.25) is 0 Å². The van der Waals surface area contributed by atoms with Gasteiger partial charge in [-0.05, 0) is 25.0 Å². The highest BCUT2D eigenvalue weighted by Crippen LogP contribution is 2.30. The number of benzene rings is 1. The lowest BCUT2D eigenvalue weighted by Crippen LogP contribution is -2.09. The minimum absolute atomic E-state index is 0.245. The molecule has 14 heavy (non-hydrogen) atoms. The van der Waals surface area contributed by atoms with Crippen LogP contribution in [-0.2, 0) is 0 Å². The van der Waals surface area contributed by atoms with Crippen LogP contribution in [0.1, 0.15) is 12.8 Å². The lowest BCUT2D eigenvalue weighted by Gasteiger charge is -2.13. The number of anilines is 1. The Morgan fingerprint density at radius 3 is 2.57 bits per heavy atom. The molecule has 3 heteroatoms. The molecule has 0 heterocycles. The summed E-state index contributed by atoms with van der Waals surface area (Å²) in [5.41, 5.74) is 0.852. The van der Waals surface area contributed by atoms with E-state index in [0.29, 0.717) is 5.75 Å². The topological polar surface area (TPSA) is 12.5 Å². The smallest absolute Gasteiger partial charge is 0.167 e. The van der Waals surface area contributed by atoms with Crippen molar-refractivity contribution in [3.05, 3.63) is 24.0 Å². The van der Waals surface area contributed by atoms with Crippen LogP contribution in [0.4, 0.5) is 10.1 Å². The minimum atomic E-state index is -0.275. The lowest BCUT2D eigenvalue weighted by molar-refractivity contribution is 0.287. The molecule has 1 fully saturated rings. The van der Waals surface area contributed by atoms with Crippen LogP contribution in [0.5, 0.6) is 5.75 Å². The standard InChI is InChI=1S/C11H14FNO/c1-13(2)8-3-6-11(10(12)7-8)14-9-4-5-9/h3,6-7,9H,4-5H2,1-2H3. The molecule has 1 aliphatic carbocycles.